The third-order valence-electron chi connectivity index (χ3n) is 3.69. The van der Waals surface area contributed by atoms with E-state index in [1.807, 2.05) is 13.0 Å². The number of aryl methyl sites for hydroxylation is 1. The second-order valence-corrected chi connectivity index (χ2v) is 5.89. The molecule has 0 aliphatic carbocycles. The maximum Gasteiger partial charge on any atom is 0.138 e. The van der Waals surface area contributed by atoms with Gasteiger partial charge in [-0.05, 0) is 40.0 Å². The molecular weight excluding hydrogens is 226 g/mol. The van der Waals surface area contributed by atoms with Gasteiger partial charge in [-0.15, -0.1) is 0 Å². The highest BCUT2D eigenvalue weighted by Gasteiger charge is 2.32. The van der Waals surface area contributed by atoms with Gasteiger partial charge < -0.3 is 10.0 Å². The van der Waals surface area contributed by atoms with Crippen LogP contribution in [0.1, 0.15) is 25.2 Å². The number of rotatable bonds is 2. The Kier molecular flexibility index (Phi) is 3.59. The summed E-state index contributed by atoms with van der Waals surface area (Å²) in [4.78, 5) is 9.19. The summed E-state index contributed by atoms with van der Waals surface area (Å²) in [5.41, 5.74) is 1.85. The second kappa shape index (κ2) is 4.86. The van der Waals surface area contributed by atoms with E-state index >= 15 is 0 Å². The first-order valence-electron chi connectivity index (χ1n) is 6.47. The van der Waals surface area contributed by atoms with Crippen molar-refractivity contribution in [3.63, 3.8) is 0 Å². The fourth-order valence-electron chi connectivity index (χ4n) is 2.63. The number of aromatic hydroxyl groups is 1. The molecule has 1 fully saturated rings. The molecule has 2 rings (SSSR count). The molecule has 1 aromatic heterocycles. The highest BCUT2D eigenvalue weighted by Crippen LogP contribution is 2.25. The number of likely N-dealkylation sites (N-methyl/N-ethyl adjacent to an activating group) is 1. The van der Waals surface area contributed by atoms with Crippen LogP contribution in [0.2, 0.25) is 0 Å². The van der Waals surface area contributed by atoms with Gasteiger partial charge in [-0.25, -0.2) is 0 Å². The standard InChI is InChI=1S/C14H23N3O/c1-11-5-6-13(18)12(15-11)9-17-8-7-16(4)10-14(17,2)3/h5-6,18H,7-10H2,1-4H3. The average molecular weight is 249 g/mol. The van der Waals surface area contributed by atoms with Crippen molar-refractivity contribution in [2.75, 3.05) is 26.7 Å². The molecule has 100 valence electrons. The molecule has 0 atom stereocenters. The van der Waals surface area contributed by atoms with Crippen molar-refractivity contribution in [1.82, 2.24) is 14.8 Å². The topological polar surface area (TPSA) is 39.6 Å². The minimum absolute atomic E-state index is 0.116. The molecule has 0 amide bonds. The summed E-state index contributed by atoms with van der Waals surface area (Å²) in [5, 5.41) is 9.89. The van der Waals surface area contributed by atoms with Crippen LogP contribution in [0.25, 0.3) is 0 Å². The van der Waals surface area contributed by atoms with E-state index in [4.69, 9.17) is 0 Å². The van der Waals surface area contributed by atoms with Crippen LogP contribution in [0, 0.1) is 6.92 Å². The Morgan fingerprint density at radius 1 is 1.33 bits per heavy atom. The van der Waals surface area contributed by atoms with Gasteiger partial charge in [-0.3, -0.25) is 9.88 Å². The van der Waals surface area contributed by atoms with Gasteiger partial charge in [0.2, 0.25) is 0 Å². The van der Waals surface area contributed by atoms with Crippen molar-refractivity contribution >= 4 is 0 Å². The van der Waals surface area contributed by atoms with Crippen molar-refractivity contribution < 1.29 is 5.11 Å². The SMILES string of the molecule is Cc1ccc(O)c(CN2CCN(C)CC2(C)C)n1. The van der Waals surface area contributed by atoms with Crippen molar-refractivity contribution in [1.29, 1.82) is 0 Å². The van der Waals surface area contributed by atoms with E-state index in [2.05, 4.69) is 35.7 Å². The number of hydrogen-bond acceptors (Lipinski definition) is 4. The summed E-state index contributed by atoms with van der Waals surface area (Å²) in [7, 11) is 2.15. The summed E-state index contributed by atoms with van der Waals surface area (Å²) < 4.78 is 0. The first-order chi connectivity index (χ1) is 8.38. The molecule has 0 saturated carbocycles. The molecule has 4 nitrogen and oxygen atoms in total. The predicted molar refractivity (Wildman–Crippen MR) is 72.6 cm³/mol. The summed E-state index contributed by atoms with van der Waals surface area (Å²) in [5.74, 6) is 0.301. The van der Waals surface area contributed by atoms with Gasteiger partial charge in [0, 0.05) is 37.4 Å². The van der Waals surface area contributed by atoms with Crippen molar-refractivity contribution in [3.8, 4) is 5.75 Å². The Morgan fingerprint density at radius 2 is 2.06 bits per heavy atom. The van der Waals surface area contributed by atoms with Gasteiger partial charge in [0.1, 0.15) is 5.75 Å². The van der Waals surface area contributed by atoms with Crippen LogP contribution in [-0.2, 0) is 6.54 Å². The van der Waals surface area contributed by atoms with Gasteiger partial charge in [0.25, 0.3) is 0 Å². The van der Waals surface area contributed by atoms with E-state index in [-0.39, 0.29) is 5.54 Å². The van der Waals surface area contributed by atoms with Gasteiger partial charge in [-0.2, -0.15) is 0 Å². The van der Waals surface area contributed by atoms with Crippen LogP contribution in [-0.4, -0.2) is 52.1 Å². The lowest BCUT2D eigenvalue weighted by Crippen LogP contribution is -2.57. The summed E-state index contributed by atoms with van der Waals surface area (Å²) in [6.45, 7) is 10.3. The Labute approximate surface area is 109 Å². The Bertz CT molecular complexity index is 431. The van der Waals surface area contributed by atoms with Gasteiger partial charge in [-0.1, -0.05) is 0 Å². The van der Waals surface area contributed by atoms with E-state index < -0.39 is 0 Å². The van der Waals surface area contributed by atoms with Crippen LogP contribution in [0.4, 0.5) is 0 Å². The zero-order chi connectivity index (χ0) is 13.3. The monoisotopic (exact) mass is 249 g/mol. The third kappa shape index (κ3) is 2.82. The fraction of sp³-hybridized carbons (Fsp3) is 0.643. The Hall–Kier alpha value is -1.13. The van der Waals surface area contributed by atoms with Crippen molar-refractivity contribution in [2.24, 2.45) is 0 Å². The van der Waals surface area contributed by atoms with Crippen LogP contribution >= 0.6 is 0 Å². The molecule has 18 heavy (non-hydrogen) atoms. The number of nitrogens with zero attached hydrogens (tertiary/aromatic N) is 3. The van der Waals surface area contributed by atoms with Gasteiger partial charge in [0.15, 0.2) is 0 Å². The van der Waals surface area contributed by atoms with Gasteiger partial charge in [0.05, 0.1) is 5.69 Å². The minimum atomic E-state index is 0.116. The number of hydrogen-bond donors (Lipinski definition) is 1. The molecule has 1 aromatic rings. The maximum absolute atomic E-state index is 9.89. The molecule has 4 heteroatoms. The quantitative estimate of drug-likeness (QED) is 0.864. The van der Waals surface area contributed by atoms with E-state index in [0.29, 0.717) is 12.3 Å². The first kappa shape index (κ1) is 13.3. The van der Waals surface area contributed by atoms with E-state index in [0.717, 1.165) is 31.0 Å². The summed E-state index contributed by atoms with van der Waals surface area (Å²) in [6, 6.07) is 3.58. The smallest absolute Gasteiger partial charge is 0.138 e. The van der Waals surface area contributed by atoms with Crippen LogP contribution in [0.15, 0.2) is 12.1 Å². The second-order valence-electron chi connectivity index (χ2n) is 5.89. The zero-order valence-corrected chi connectivity index (χ0v) is 11.8. The van der Waals surface area contributed by atoms with Crippen molar-refractivity contribution in [2.45, 2.75) is 32.9 Å². The number of pyridine rings is 1. The first-order valence-corrected chi connectivity index (χ1v) is 6.47. The maximum atomic E-state index is 9.89. The third-order valence-corrected chi connectivity index (χ3v) is 3.69. The molecule has 1 aliphatic rings. The van der Waals surface area contributed by atoms with Crippen molar-refractivity contribution in [3.05, 3.63) is 23.5 Å². The van der Waals surface area contributed by atoms with Gasteiger partial charge >= 0.3 is 0 Å². The highest BCUT2D eigenvalue weighted by molar-refractivity contribution is 5.27. The molecule has 0 unspecified atom stereocenters. The molecule has 1 N–H and O–H groups in total. The Balaban J connectivity index is 2.15. The molecular formula is C14H23N3O. The van der Waals surface area contributed by atoms with Crippen LogP contribution in [0.3, 0.4) is 0 Å². The number of aromatic nitrogens is 1. The zero-order valence-electron chi connectivity index (χ0n) is 11.8. The lowest BCUT2D eigenvalue weighted by atomic mass is 9.98. The minimum Gasteiger partial charge on any atom is -0.506 e. The molecule has 2 heterocycles. The van der Waals surface area contributed by atoms with Crippen LogP contribution in [0.5, 0.6) is 5.75 Å². The lowest BCUT2D eigenvalue weighted by Gasteiger charge is -2.46. The molecule has 0 aromatic carbocycles. The predicted octanol–water partition coefficient (Wildman–Crippen LogP) is 1.62. The lowest BCUT2D eigenvalue weighted by molar-refractivity contribution is 0.0239. The van der Waals surface area contributed by atoms with E-state index in [1.165, 1.54) is 0 Å². The Morgan fingerprint density at radius 3 is 2.72 bits per heavy atom. The molecule has 1 saturated heterocycles. The number of piperazine rings is 1. The van der Waals surface area contributed by atoms with Crippen LogP contribution < -0.4 is 0 Å². The fourth-order valence-corrected chi connectivity index (χ4v) is 2.63. The van der Waals surface area contributed by atoms with E-state index in [9.17, 15) is 5.11 Å². The molecule has 0 radical (unpaired) electrons. The molecule has 1 aliphatic heterocycles. The van der Waals surface area contributed by atoms with E-state index in [1.54, 1.807) is 6.07 Å². The normalized spacial score (nSPS) is 21.1. The summed E-state index contributed by atoms with van der Waals surface area (Å²) in [6.07, 6.45) is 0. The summed E-state index contributed by atoms with van der Waals surface area (Å²) >= 11 is 0. The molecule has 0 bridgehead atoms. The molecule has 0 spiro atoms. The largest absolute Gasteiger partial charge is 0.506 e. The highest BCUT2D eigenvalue weighted by atomic mass is 16.3. The average Bonchev–Trinajstić information content (AvgIpc) is 2.26.